The van der Waals surface area contributed by atoms with Crippen molar-refractivity contribution in [2.45, 2.75) is 54.2 Å². The second-order valence-corrected chi connectivity index (χ2v) is 11.2. The average molecular weight is 807 g/mol. The molecule has 0 saturated heterocycles. The number of carbonyl (C=O) groups excluding carboxylic acids is 1. The van der Waals surface area contributed by atoms with Crippen LogP contribution in [0, 0.1) is 5.41 Å². The number of alkyl carbamates (subject to hydrolysis) is 1. The molecule has 1 aliphatic rings. The summed E-state index contributed by atoms with van der Waals surface area (Å²) in [6.07, 6.45) is -48.1. The largest absolute Gasteiger partial charge is 0.481 e. The molecule has 25 heteroatoms. The molecule has 0 spiro atoms. The van der Waals surface area contributed by atoms with Gasteiger partial charge in [-0.3, -0.25) is 4.79 Å². The van der Waals surface area contributed by atoms with Crippen LogP contribution in [0.1, 0.15) is 17.0 Å². The first kappa shape index (κ1) is 43.2. The molecule has 1 amide bonds. The number of aliphatic carboxylic acids is 1. The number of hydrogen-bond donors (Lipinski definition) is 2. The molecule has 0 fully saturated rings. The van der Waals surface area contributed by atoms with Gasteiger partial charge in [0.15, 0.2) is 0 Å². The zero-order valence-electron chi connectivity index (χ0n) is 25.3. The molecular formula is C28H19F18NO6. The zero-order valence-corrected chi connectivity index (χ0v) is 25.3. The van der Waals surface area contributed by atoms with Crippen molar-refractivity contribution < 1.29 is 108 Å². The zero-order chi connectivity index (χ0) is 40.9. The molecule has 0 atom stereocenters. The molecular weight excluding hydrogens is 788 g/mol. The summed E-state index contributed by atoms with van der Waals surface area (Å²) in [6, 6.07) is 12.5. The van der Waals surface area contributed by atoms with Crippen molar-refractivity contribution in [1.29, 1.82) is 0 Å². The Morgan fingerprint density at radius 3 is 1.19 bits per heavy atom. The van der Waals surface area contributed by atoms with E-state index >= 15 is 0 Å². The Morgan fingerprint density at radius 2 is 0.887 bits per heavy atom. The lowest BCUT2D eigenvalue weighted by Gasteiger charge is -2.42. The number of halogens is 18. The molecule has 3 rings (SSSR count). The van der Waals surface area contributed by atoms with Crippen LogP contribution in [0.2, 0.25) is 0 Å². The first-order valence-electron chi connectivity index (χ1n) is 13.8. The van der Waals surface area contributed by atoms with Gasteiger partial charge in [-0.15, -0.1) is 0 Å². The van der Waals surface area contributed by atoms with E-state index in [0.717, 1.165) is 0 Å². The van der Waals surface area contributed by atoms with Crippen LogP contribution in [-0.2, 0) is 19.0 Å². The summed E-state index contributed by atoms with van der Waals surface area (Å²) in [5, 5.41) is 10.8. The van der Waals surface area contributed by atoms with Gasteiger partial charge in [-0.1, -0.05) is 48.5 Å². The lowest BCUT2D eigenvalue weighted by molar-refractivity contribution is -0.466. The number of carboxylic acids is 1. The highest BCUT2D eigenvalue weighted by molar-refractivity contribution is 5.79. The molecule has 0 aromatic heterocycles. The second-order valence-electron chi connectivity index (χ2n) is 11.2. The Kier molecular flexibility index (Phi) is 11.4. The van der Waals surface area contributed by atoms with Gasteiger partial charge in [0.05, 0.1) is 13.2 Å². The molecule has 0 unspecified atom stereocenters. The second kappa shape index (κ2) is 13.9. The van der Waals surface area contributed by atoms with Gasteiger partial charge in [-0.25, -0.2) is 4.79 Å². The molecule has 0 heterocycles. The quantitative estimate of drug-likeness (QED) is 0.222. The van der Waals surface area contributed by atoms with Crippen molar-refractivity contribution in [3.63, 3.8) is 0 Å². The number of nitrogens with one attached hydrogen (secondary N) is 1. The summed E-state index contributed by atoms with van der Waals surface area (Å²) in [6.45, 7) is -10.1. The van der Waals surface area contributed by atoms with Crippen LogP contribution in [0.3, 0.4) is 0 Å². The van der Waals surface area contributed by atoms with Crippen LogP contribution < -0.4 is 5.32 Å². The summed E-state index contributed by atoms with van der Waals surface area (Å²) in [5.74, 6) is -4.18. The van der Waals surface area contributed by atoms with E-state index < -0.39 is 98.0 Å². The lowest BCUT2D eigenvalue weighted by Crippen LogP contribution is -2.70. The highest BCUT2D eigenvalue weighted by Gasteiger charge is 2.87. The number of carboxylic acid groups (broad SMARTS) is 1. The Balaban J connectivity index is 2.07. The predicted molar refractivity (Wildman–Crippen MR) is 137 cm³/mol. The molecule has 0 aliphatic heterocycles. The fraction of sp³-hybridized carbons (Fsp3) is 0.500. The molecule has 1 aliphatic carbocycles. The molecule has 0 bridgehead atoms. The fourth-order valence-corrected chi connectivity index (χ4v) is 5.18. The minimum Gasteiger partial charge on any atom is -0.481 e. The third-order valence-corrected chi connectivity index (χ3v) is 7.89. The summed E-state index contributed by atoms with van der Waals surface area (Å²) in [5.41, 5.74) is -17.5. The Bertz CT molecular complexity index is 1470. The molecule has 2 aromatic rings. The molecule has 7 nitrogen and oxygen atoms in total. The number of alkyl halides is 18. The molecule has 0 saturated carbocycles. The van der Waals surface area contributed by atoms with Gasteiger partial charge < -0.3 is 24.6 Å². The first-order valence-corrected chi connectivity index (χ1v) is 13.8. The number of hydrogen-bond acceptors (Lipinski definition) is 5. The number of benzene rings is 2. The summed E-state index contributed by atoms with van der Waals surface area (Å²) in [4.78, 5) is 24.7. The van der Waals surface area contributed by atoms with E-state index in [-0.39, 0.29) is 0 Å². The third-order valence-electron chi connectivity index (χ3n) is 7.89. The van der Waals surface area contributed by atoms with Crippen molar-refractivity contribution >= 4 is 12.1 Å². The van der Waals surface area contributed by atoms with Crippen LogP contribution in [0.5, 0.6) is 0 Å². The van der Waals surface area contributed by atoms with Gasteiger partial charge in [0.25, 0.3) is 0 Å². The topological polar surface area (TPSA) is 94.1 Å². The minimum atomic E-state index is -7.68. The van der Waals surface area contributed by atoms with Gasteiger partial charge in [-0.2, -0.15) is 79.0 Å². The first-order chi connectivity index (χ1) is 23.8. The van der Waals surface area contributed by atoms with Crippen molar-refractivity contribution in [2.75, 3.05) is 26.4 Å². The van der Waals surface area contributed by atoms with Gasteiger partial charge in [-0.05, 0) is 22.3 Å². The van der Waals surface area contributed by atoms with Crippen LogP contribution in [0.4, 0.5) is 83.8 Å². The average Bonchev–Trinajstić information content (AvgIpc) is 3.28. The van der Waals surface area contributed by atoms with E-state index in [9.17, 15) is 93.7 Å². The number of ether oxygens (including phenoxy) is 3. The maximum atomic E-state index is 13.5. The van der Waals surface area contributed by atoms with Crippen LogP contribution >= 0.6 is 0 Å². The number of fused-ring (bicyclic) bond motifs is 3. The monoisotopic (exact) mass is 807 g/mol. The SMILES string of the molecule is O=C(NCC(COC(C(F)(F)F)(C(F)(F)F)C(F)(F)F)(COC(C(F)(F)F)(C(F)(F)F)C(F)(F)F)C(=O)O)OCC1c2ccccc2-c2ccccc21. The van der Waals surface area contributed by atoms with Crippen molar-refractivity contribution in [3.8, 4) is 11.1 Å². The van der Waals surface area contributed by atoms with Crippen molar-refractivity contribution in [1.82, 2.24) is 5.32 Å². The van der Waals surface area contributed by atoms with Crippen LogP contribution in [-0.4, -0.2) is 91.8 Å². The maximum Gasteiger partial charge on any atom is 0.435 e. The number of amides is 1. The number of rotatable bonds is 11. The molecule has 298 valence electrons. The van der Waals surface area contributed by atoms with Crippen molar-refractivity contribution in [3.05, 3.63) is 59.7 Å². The van der Waals surface area contributed by atoms with E-state index in [1.165, 1.54) is 29.6 Å². The van der Waals surface area contributed by atoms with E-state index in [4.69, 9.17) is 4.74 Å². The van der Waals surface area contributed by atoms with Crippen LogP contribution in [0.25, 0.3) is 11.1 Å². The molecule has 0 radical (unpaired) electrons. The van der Waals surface area contributed by atoms with Gasteiger partial charge in [0.2, 0.25) is 0 Å². The smallest absolute Gasteiger partial charge is 0.435 e. The van der Waals surface area contributed by atoms with E-state index in [1.54, 1.807) is 24.3 Å². The summed E-state index contributed by atoms with van der Waals surface area (Å²) >= 11 is 0. The number of carbonyl (C=O) groups is 2. The maximum absolute atomic E-state index is 13.5. The minimum absolute atomic E-state index is 0.466. The van der Waals surface area contributed by atoms with Crippen LogP contribution in [0.15, 0.2) is 48.5 Å². The highest BCUT2D eigenvalue weighted by Crippen LogP contribution is 2.57. The van der Waals surface area contributed by atoms with E-state index in [0.29, 0.717) is 22.3 Å². The van der Waals surface area contributed by atoms with E-state index in [2.05, 4.69) is 9.47 Å². The Labute approximate surface area is 282 Å². The Morgan fingerprint density at radius 1 is 0.566 bits per heavy atom. The molecule has 2 N–H and O–H groups in total. The summed E-state index contributed by atoms with van der Waals surface area (Å²) in [7, 11) is 0. The molecule has 53 heavy (non-hydrogen) atoms. The van der Waals surface area contributed by atoms with Gasteiger partial charge in [0.1, 0.15) is 12.0 Å². The standard InChI is InChI=1S/C28H19F18NO6/c29-23(30,31)21(24(32,33)34,25(35,36)37)52-11-20(18(48)49,12-53-22(26(38,39)40,27(41,42)43)28(44,45)46)10-47-19(50)51-9-17-15-7-3-1-5-13(15)14-6-2-4-8-16(14)17/h1-8,17H,9-12H2,(H,47,50)(H,48,49). The third kappa shape index (κ3) is 7.62. The fourth-order valence-electron chi connectivity index (χ4n) is 5.18. The lowest BCUT2D eigenvalue weighted by atomic mass is 9.88. The normalized spacial score (nSPS) is 15.2. The van der Waals surface area contributed by atoms with Gasteiger partial charge >= 0.3 is 60.3 Å². The Hall–Kier alpha value is -4.16. The molecule has 2 aromatic carbocycles. The van der Waals surface area contributed by atoms with Gasteiger partial charge in [0, 0.05) is 12.5 Å². The predicted octanol–water partition coefficient (Wildman–Crippen LogP) is 8.48. The summed E-state index contributed by atoms with van der Waals surface area (Å²) < 4.78 is 253. The highest BCUT2D eigenvalue weighted by atomic mass is 19.4. The van der Waals surface area contributed by atoms with E-state index in [1.807, 2.05) is 0 Å². The van der Waals surface area contributed by atoms with Crippen molar-refractivity contribution in [2.24, 2.45) is 5.41 Å².